The van der Waals surface area contributed by atoms with Gasteiger partial charge in [0.1, 0.15) is 4.90 Å². The molecule has 0 aromatic heterocycles. The molecule has 0 saturated carbocycles. The lowest BCUT2D eigenvalue weighted by Crippen LogP contribution is -2.22. The topological polar surface area (TPSA) is 220 Å². The monoisotopic (exact) mass is 638 g/mol. The second-order valence-electron chi connectivity index (χ2n) is 8.64. The van der Waals surface area contributed by atoms with Crippen molar-refractivity contribution in [1.29, 1.82) is 0 Å². The molecule has 0 fully saturated rings. The van der Waals surface area contributed by atoms with Gasteiger partial charge in [0.2, 0.25) is 0 Å². The first-order valence-corrected chi connectivity index (χ1v) is 16.7. The maximum atomic E-state index is 13.0. The molecule has 41 heavy (non-hydrogen) atoms. The Hall–Kier alpha value is -3.84. The van der Waals surface area contributed by atoms with Gasteiger partial charge in [0.15, 0.2) is 11.6 Å². The summed E-state index contributed by atoms with van der Waals surface area (Å²) in [6, 6.07) is 12.0. The van der Waals surface area contributed by atoms with Gasteiger partial charge in [-0.15, -0.1) is 3.63 Å². The van der Waals surface area contributed by atoms with Crippen molar-refractivity contribution in [2.24, 2.45) is 0 Å². The minimum Gasteiger partial charge on any atom is -0.289 e. The average molecular weight is 639 g/mol. The highest BCUT2D eigenvalue weighted by molar-refractivity contribution is 8.00. The minimum atomic E-state index is -5.21. The summed E-state index contributed by atoms with van der Waals surface area (Å²) in [5.41, 5.74) is -0.255. The fraction of sp³-hybridized carbons (Fsp3) is 0. The van der Waals surface area contributed by atoms with E-state index in [0.29, 0.717) is 18.2 Å². The van der Waals surface area contributed by atoms with Crippen LogP contribution in [0, 0.1) is 0 Å². The van der Waals surface area contributed by atoms with Crippen LogP contribution in [-0.4, -0.2) is 54.3 Å². The molecule has 1 aliphatic carbocycles. The number of ketones is 2. The molecule has 5 rings (SSSR count). The van der Waals surface area contributed by atoms with Crippen molar-refractivity contribution in [3.63, 3.8) is 0 Å². The van der Waals surface area contributed by atoms with Crippen LogP contribution < -0.4 is 0 Å². The molecule has 0 bridgehead atoms. The van der Waals surface area contributed by atoms with E-state index in [0.717, 1.165) is 30.3 Å². The quantitative estimate of drug-likeness (QED) is 0.255. The fourth-order valence-corrected chi connectivity index (χ4v) is 8.17. The third-order valence-corrected chi connectivity index (χ3v) is 10.9. The Kier molecular flexibility index (Phi) is 6.54. The molecule has 17 heteroatoms. The van der Waals surface area contributed by atoms with E-state index in [4.69, 9.17) is 0 Å². The summed E-state index contributed by atoms with van der Waals surface area (Å²) in [6.07, 6.45) is 0. The van der Waals surface area contributed by atoms with Crippen LogP contribution in [0.3, 0.4) is 0 Å². The van der Waals surface area contributed by atoms with Crippen LogP contribution in [0.1, 0.15) is 31.8 Å². The van der Waals surface area contributed by atoms with Gasteiger partial charge in [0.25, 0.3) is 20.2 Å². The predicted molar refractivity (Wildman–Crippen MR) is 139 cm³/mol. The van der Waals surface area contributed by atoms with Crippen LogP contribution in [0.4, 0.5) is 0 Å². The zero-order chi connectivity index (χ0) is 30.1. The zero-order valence-electron chi connectivity index (χ0n) is 19.9. The maximum absolute atomic E-state index is 13.0. The van der Waals surface area contributed by atoms with Gasteiger partial charge in [-0.25, -0.2) is 0 Å². The van der Waals surface area contributed by atoms with Crippen LogP contribution in [-0.2, 0) is 44.1 Å². The standard InChI is InChI=1S/C24H14O13S4/c25-23-18-3-1-2-4-19(18)24(26)21-11-15(6-8-20(21)23)41(35,36)37-40(33,34)14-5-7-17-13(9-14)10-16(38(27,28)29)12-22(17)39(30,31)32/h1-12H,(H,27,28,29)(H,30,31,32). The van der Waals surface area contributed by atoms with Crippen molar-refractivity contribution in [3.05, 3.63) is 95.1 Å². The molecule has 4 aromatic rings. The van der Waals surface area contributed by atoms with Gasteiger partial charge in [-0.1, -0.05) is 30.3 Å². The molecule has 0 heterocycles. The molecule has 0 amide bonds. The second kappa shape index (κ2) is 9.35. The number of carbonyl (C=O) groups excluding carboxylic acids is 2. The zero-order valence-corrected chi connectivity index (χ0v) is 23.2. The molecule has 212 valence electrons. The summed E-state index contributed by atoms with van der Waals surface area (Å²) < 4.78 is 122. The molecule has 0 atom stereocenters. The molecular formula is C24H14O13S4. The van der Waals surface area contributed by atoms with Crippen molar-refractivity contribution in [2.45, 2.75) is 19.6 Å². The number of carbonyl (C=O) groups is 2. The Morgan fingerprint density at radius 3 is 1.56 bits per heavy atom. The van der Waals surface area contributed by atoms with Crippen molar-refractivity contribution < 1.29 is 56.0 Å². The third kappa shape index (κ3) is 5.08. The van der Waals surface area contributed by atoms with Gasteiger partial charge < -0.3 is 0 Å². The third-order valence-electron chi connectivity index (χ3n) is 6.09. The van der Waals surface area contributed by atoms with E-state index >= 15 is 0 Å². The average Bonchev–Trinajstić information content (AvgIpc) is 2.88. The van der Waals surface area contributed by atoms with E-state index in [1.54, 1.807) is 6.07 Å². The van der Waals surface area contributed by atoms with E-state index in [-0.39, 0.29) is 27.6 Å². The number of benzene rings is 4. The highest BCUT2D eigenvalue weighted by atomic mass is 32.3. The maximum Gasteiger partial charge on any atom is 0.311 e. The molecule has 2 N–H and O–H groups in total. The van der Waals surface area contributed by atoms with Gasteiger partial charge >= 0.3 is 20.2 Å². The van der Waals surface area contributed by atoms with Crippen LogP contribution in [0.15, 0.2) is 92.4 Å². The van der Waals surface area contributed by atoms with Gasteiger partial charge in [-0.3, -0.25) is 18.7 Å². The van der Waals surface area contributed by atoms with Crippen LogP contribution in [0.5, 0.6) is 0 Å². The predicted octanol–water partition coefficient (Wildman–Crippen LogP) is 2.20. The Bertz CT molecular complexity index is 2290. The van der Waals surface area contributed by atoms with Gasteiger partial charge in [-0.05, 0) is 47.9 Å². The molecule has 4 aromatic carbocycles. The first-order valence-electron chi connectivity index (χ1n) is 11.0. The summed E-state index contributed by atoms with van der Waals surface area (Å²) in [5.74, 6) is -1.22. The van der Waals surface area contributed by atoms with Gasteiger partial charge in [0, 0.05) is 27.6 Å². The lowest BCUT2D eigenvalue weighted by atomic mass is 9.84. The SMILES string of the molecule is O=C1c2ccccc2C(=O)c2cc(S(=O)(=O)OS(=O)(=O)c3ccc4c(S(=O)(=O)O)cc(S(=O)(=O)O)cc4c3)ccc21. The summed E-state index contributed by atoms with van der Waals surface area (Å²) in [4.78, 5) is 22.1. The normalized spacial score (nSPS) is 14.1. The number of hydrogen-bond donors (Lipinski definition) is 2. The number of hydrogen-bond acceptors (Lipinski definition) is 11. The summed E-state index contributed by atoms with van der Waals surface area (Å²) >= 11 is 0. The highest BCUT2D eigenvalue weighted by Crippen LogP contribution is 2.32. The molecule has 0 aliphatic heterocycles. The lowest BCUT2D eigenvalue weighted by molar-refractivity contribution is 0.0979. The second-order valence-corrected chi connectivity index (χ2v) is 14.8. The largest absolute Gasteiger partial charge is 0.311 e. The van der Waals surface area contributed by atoms with E-state index in [2.05, 4.69) is 3.63 Å². The summed E-state index contributed by atoms with van der Waals surface area (Å²) in [7, 11) is -20.5. The molecule has 13 nitrogen and oxygen atoms in total. The minimum absolute atomic E-state index is 0.0257. The van der Waals surface area contributed by atoms with Crippen LogP contribution in [0.2, 0.25) is 0 Å². The first kappa shape index (κ1) is 28.7. The van der Waals surface area contributed by atoms with Gasteiger partial charge in [-0.2, -0.15) is 33.7 Å². The number of rotatable bonds is 6. The van der Waals surface area contributed by atoms with Crippen LogP contribution >= 0.6 is 0 Å². The molecule has 1 aliphatic rings. The van der Waals surface area contributed by atoms with E-state index < -0.39 is 77.0 Å². The smallest absolute Gasteiger partial charge is 0.289 e. The van der Waals surface area contributed by atoms with Crippen LogP contribution in [0.25, 0.3) is 10.8 Å². The Morgan fingerprint density at radius 1 is 0.512 bits per heavy atom. The van der Waals surface area contributed by atoms with Gasteiger partial charge in [0.05, 0.1) is 14.7 Å². The van der Waals surface area contributed by atoms with E-state index in [1.807, 2.05) is 0 Å². The summed E-state index contributed by atoms with van der Waals surface area (Å²) in [5, 5.41) is -0.800. The van der Waals surface area contributed by atoms with Crippen molar-refractivity contribution >= 4 is 62.8 Å². The Morgan fingerprint density at radius 2 is 1.00 bits per heavy atom. The highest BCUT2D eigenvalue weighted by Gasteiger charge is 2.33. The number of fused-ring (bicyclic) bond motifs is 3. The molecule has 0 radical (unpaired) electrons. The van der Waals surface area contributed by atoms with E-state index in [1.165, 1.54) is 18.2 Å². The van der Waals surface area contributed by atoms with E-state index in [9.17, 15) is 52.4 Å². The molecule has 0 spiro atoms. The van der Waals surface area contributed by atoms with Crippen molar-refractivity contribution in [3.8, 4) is 0 Å². The summed E-state index contributed by atoms with van der Waals surface area (Å²) in [6.45, 7) is 0. The Labute approximate surface area is 232 Å². The molecular weight excluding hydrogens is 625 g/mol. The fourth-order valence-electron chi connectivity index (χ4n) is 4.23. The van der Waals surface area contributed by atoms with Crippen molar-refractivity contribution in [2.75, 3.05) is 0 Å². The lowest BCUT2D eigenvalue weighted by Gasteiger charge is -2.18. The molecule has 0 saturated heterocycles. The first-order chi connectivity index (χ1) is 18.9. The molecule has 0 unspecified atom stereocenters. The Balaban J connectivity index is 1.57. The van der Waals surface area contributed by atoms with Crippen molar-refractivity contribution in [1.82, 2.24) is 0 Å².